The fraction of sp³-hybridized carbons (Fsp3) is 0.455. The van der Waals surface area contributed by atoms with Crippen molar-refractivity contribution in [1.29, 1.82) is 0 Å². The van der Waals surface area contributed by atoms with E-state index in [1.165, 1.54) is 4.68 Å². The maximum atomic E-state index is 9.09. The molecule has 0 aromatic carbocycles. The number of anilines is 2. The van der Waals surface area contributed by atoms with Gasteiger partial charge in [-0.05, 0) is 12.5 Å². The zero-order valence-electron chi connectivity index (χ0n) is 10.8. The van der Waals surface area contributed by atoms with Gasteiger partial charge in [-0.15, -0.1) is 0 Å². The van der Waals surface area contributed by atoms with Crippen LogP contribution in [0.5, 0.6) is 0 Å². The fourth-order valence-electron chi connectivity index (χ4n) is 1.70. The molecule has 0 bridgehead atoms. The Balaban J connectivity index is 2.34. The minimum Gasteiger partial charge on any atom is -0.395 e. The molecule has 2 aromatic rings. The molecule has 2 heterocycles. The fourth-order valence-corrected chi connectivity index (χ4v) is 1.70. The van der Waals surface area contributed by atoms with Gasteiger partial charge in [0.2, 0.25) is 11.9 Å². The van der Waals surface area contributed by atoms with Crippen LogP contribution in [0.25, 0.3) is 5.95 Å². The summed E-state index contributed by atoms with van der Waals surface area (Å²) in [5.74, 6) is 0.954. The second-order valence-corrected chi connectivity index (χ2v) is 3.95. The number of nitrogens with two attached hydrogens (primary N) is 1. The van der Waals surface area contributed by atoms with Crippen molar-refractivity contribution in [2.45, 2.75) is 13.3 Å². The van der Waals surface area contributed by atoms with Gasteiger partial charge in [0.05, 0.1) is 6.61 Å². The van der Waals surface area contributed by atoms with Crippen LogP contribution >= 0.6 is 0 Å². The lowest BCUT2D eigenvalue weighted by atomic mass is 10.4. The molecule has 0 radical (unpaired) electrons. The Kier molecular flexibility index (Phi) is 4.24. The Morgan fingerprint density at radius 1 is 1.32 bits per heavy atom. The van der Waals surface area contributed by atoms with Crippen molar-refractivity contribution >= 4 is 11.9 Å². The van der Waals surface area contributed by atoms with Crippen molar-refractivity contribution in [3.8, 4) is 5.95 Å². The van der Waals surface area contributed by atoms with Gasteiger partial charge in [-0.1, -0.05) is 6.92 Å². The Morgan fingerprint density at radius 2 is 2.16 bits per heavy atom. The lowest BCUT2D eigenvalue weighted by Gasteiger charge is -2.21. The van der Waals surface area contributed by atoms with E-state index in [0.29, 0.717) is 18.4 Å². The molecule has 0 unspecified atom stereocenters. The monoisotopic (exact) mass is 263 g/mol. The van der Waals surface area contributed by atoms with Crippen molar-refractivity contribution < 1.29 is 5.11 Å². The van der Waals surface area contributed by atoms with Gasteiger partial charge in [-0.2, -0.15) is 20.1 Å². The maximum Gasteiger partial charge on any atom is 0.257 e. The quantitative estimate of drug-likeness (QED) is 0.746. The average molecular weight is 263 g/mol. The second kappa shape index (κ2) is 6.10. The average Bonchev–Trinajstić information content (AvgIpc) is 2.91. The Bertz CT molecular complexity index is 508. The molecule has 2 aromatic heterocycles. The first-order valence-corrected chi connectivity index (χ1v) is 6.12. The van der Waals surface area contributed by atoms with Crippen LogP contribution in [0.3, 0.4) is 0 Å². The molecule has 0 amide bonds. The molecule has 0 fully saturated rings. The first kappa shape index (κ1) is 13.2. The molecule has 8 nitrogen and oxygen atoms in total. The second-order valence-electron chi connectivity index (χ2n) is 3.95. The van der Waals surface area contributed by atoms with Gasteiger partial charge in [0, 0.05) is 25.5 Å². The molecular formula is C11H17N7O. The van der Waals surface area contributed by atoms with E-state index in [9.17, 15) is 0 Å². The highest BCUT2D eigenvalue weighted by Crippen LogP contribution is 2.11. The summed E-state index contributed by atoms with van der Waals surface area (Å²) in [6, 6.07) is 1.77. The summed E-state index contributed by atoms with van der Waals surface area (Å²) >= 11 is 0. The molecule has 0 saturated carbocycles. The number of hydrogen-bond donors (Lipinski definition) is 2. The van der Waals surface area contributed by atoms with Crippen molar-refractivity contribution in [1.82, 2.24) is 24.7 Å². The Morgan fingerprint density at radius 3 is 2.79 bits per heavy atom. The van der Waals surface area contributed by atoms with Crippen molar-refractivity contribution in [2.75, 3.05) is 30.3 Å². The molecule has 3 N–H and O–H groups in total. The molecule has 19 heavy (non-hydrogen) atoms. The lowest BCUT2D eigenvalue weighted by molar-refractivity contribution is 0.301. The zero-order valence-corrected chi connectivity index (χ0v) is 10.8. The third-order valence-electron chi connectivity index (χ3n) is 2.48. The third-order valence-corrected chi connectivity index (χ3v) is 2.48. The highest BCUT2D eigenvalue weighted by atomic mass is 16.3. The molecule has 102 valence electrons. The molecule has 0 atom stereocenters. The predicted octanol–water partition coefficient (Wildman–Crippen LogP) is -0.152. The van der Waals surface area contributed by atoms with E-state index < -0.39 is 0 Å². The van der Waals surface area contributed by atoms with E-state index in [-0.39, 0.29) is 12.6 Å². The smallest absolute Gasteiger partial charge is 0.257 e. The number of aliphatic hydroxyl groups excluding tert-OH is 1. The number of nitrogen functional groups attached to an aromatic ring is 1. The van der Waals surface area contributed by atoms with Crippen LogP contribution in [-0.4, -0.2) is 49.5 Å². The van der Waals surface area contributed by atoms with Crippen LogP contribution < -0.4 is 10.6 Å². The van der Waals surface area contributed by atoms with Crippen LogP contribution in [0.2, 0.25) is 0 Å². The van der Waals surface area contributed by atoms with E-state index in [1.807, 2.05) is 11.8 Å². The number of aromatic nitrogens is 5. The highest BCUT2D eigenvalue weighted by Gasteiger charge is 2.12. The number of nitrogens with zero attached hydrogens (tertiary/aromatic N) is 6. The Labute approximate surface area is 110 Å². The van der Waals surface area contributed by atoms with Crippen LogP contribution in [0.4, 0.5) is 11.9 Å². The van der Waals surface area contributed by atoms with Gasteiger partial charge in [0.15, 0.2) is 0 Å². The van der Waals surface area contributed by atoms with Crippen LogP contribution in [0.15, 0.2) is 18.5 Å². The first-order valence-electron chi connectivity index (χ1n) is 6.12. The minimum atomic E-state index is 0.0304. The van der Waals surface area contributed by atoms with Crippen LogP contribution in [-0.2, 0) is 0 Å². The van der Waals surface area contributed by atoms with Gasteiger partial charge in [0.25, 0.3) is 5.95 Å². The van der Waals surface area contributed by atoms with Gasteiger partial charge < -0.3 is 15.7 Å². The van der Waals surface area contributed by atoms with Gasteiger partial charge in [0.1, 0.15) is 0 Å². The maximum absolute atomic E-state index is 9.09. The van der Waals surface area contributed by atoms with E-state index in [4.69, 9.17) is 10.8 Å². The standard InChI is InChI=1S/C11H17N7O/c1-2-5-17(7-8-19)10-14-9(12)15-11(16-10)18-6-3-4-13-18/h3-4,6,19H,2,5,7-8H2,1H3,(H2,12,14,15,16). The van der Waals surface area contributed by atoms with E-state index in [2.05, 4.69) is 20.1 Å². The normalized spacial score (nSPS) is 10.6. The summed E-state index contributed by atoms with van der Waals surface area (Å²) in [4.78, 5) is 14.3. The Hall–Kier alpha value is -2.22. The van der Waals surface area contributed by atoms with E-state index >= 15 is 0 Å². The lowest BCUT2D eigenvalue weighted by Crippen LogP contribution is -2.30. The molecule has 0 aliphatic rings. The molecule has 0 saturated heterocycles. The van der Waals surface area contributed by atoms with Crippen LogP contribution in [0.1, 0.15) is 13.3 Å². The summed E-state index contributed by atoms with van der Waals surface area (Å²) in [6.45, 7) is 3.27. The molecular weight excluding hydrogens is 246 g/mol. The summed E-state index contributed by atoms with van der Waals surface area (Å²) in [5, 5.41) is 13.1. The molecule has 2 rings (SSSR count). The summed E-state index contributed by atoms with van der Waals surface area (Å²) in [6.07, 6.45) is 4.29. The SMILES string of the molecule is CCCN(CCO)c1nc(N)nc(-n2cccn2)n1. The van der Waals surface area contributed by atoms with Crippen molar-refractivity contribution in [3.63, 3.8) is 0 Å². The summed E-state index contributed by atoms with van der Waals surface area (Å²) in [7, 11) is 0. The van der Waals surface area contributed by atoms with Crippen molar-refractivity contribution in [2.24, 2.45) is 0 Å². The molecule has 0 aliphatic carbocycles. The van der Waals surface area contributed by atoms with Gasteiger partial charge in [-0.3, -0.25) is 0 Å². The predicted molar refractivity (Wildman–Crippen MR) is 71.0 cm³/mol. The third kappa shape index (κ3) is 3.16. The highest BCUT2D eigenvalue weighted by molar-refractivity contribution is 5.37. The summed E-state index contributed by atoms with van der Waals surface area (Å²) < 4.78 is 1.52. The van der Waals surface area contributed by atoms with E-state index in [0.717, 1.165) is 13.0 Å². The van der Waals surface area contributed by atoms with Gasteiger partial charge >= 0.3 is 0 Å². The summed E-state index contributed by atoms with van der Waals surface area (Å²) in [5.41, 5.74) is 5.70. The van der Waals surface area contributed by atoms with Crippen LogP contribution in [0, 0.1) is 0 Å². The molecule has 0 spiro atoms. The largest absolute Gasteiger partial charge is 0.395 e. The first-order chi connectivity index (χ1) is 9.24. The van der Waals surface area contributed by atoms with E-state index in [1.54, 1.807) is 18.5 Å². The molecule has 8 heteroatoms. The van der Waals surface area contributed by atoms with Crippen molar-refractivity contribution in [3.05, 3.63) is 18.5 Å². The topological polar surface area (TPSA) is 106 Å². The number of rotatable bonds is 6. The minimum absolute atomic E-state index is 0.0304. The molecule has 0 aliphatic heterocycles. The number of aliphatic hydroxyl groups is 1. The van der Waals surface area contributed by atoms with Gasteiger partial charge in [-0.25, -0.2) is 4.68 Å². The number of hydrogen-bond acceptors (Lipinski definition) is 7. The zero-order chi connectivity index (χ0) is 13.7.